The van der Waals surface area contributed by atoms with Gasteiger partial charge in [0.05, 0.1) is 11.3 Å². The molecule has 3 aromatic rings. The molecule has 0 aliphatic heterocycles. The van der Waals surface area contributed by atoms with Crippen LogP contribution < -0.4 is 9.47 Å². The van der Waals surface area contributed by atoms with Gasteiger partial charge in [-0.2, -0.15) is 4.39 Å². The Bertz CT molecular complexity index is 1140. The van der Waals surface area contributed by atoms with Crippen LogP contribution in [0.1, 0.15) is 45.2 Å². The van der Waals surface area contributed by atoms with Crippen molar-refractivity contribution in [3.63, 3.8) is 0 Å². The molecule has 0 N–H and O–H groups in total. The molecule has 182 valence electrons. The summed E-state index contributed by atoms with van der Waals surface area (Å²) in [7, 11) is 0. The minimum absolute atomic E-state index is 0.0998. The second-order valence-electron chi connectivity index (χ2n) is 8.33. The first kappa shape index (κ1) is 25.8. The summed E-state index contributed by atoms with van der Waals surface area (Å²) in [6, 6.07) is 10.1. The second-order valence-corrected chi connectivity index (χ2v) is 8.33. The lowest BCUT2D eigenvalue weighted by Crippen LogP contribution is -2.36. The molecule has 1 heterocycles. The Balaban J connectivity index is 1.85. The normalized spacial score (nSPS) is 12.1. The van der Waals surface area contributed by atoms with Crippen molar-refractivity contribution in [2.45, 2.75) is 40.7 Å². The van der Waals surface area contributed by atoms with E-state index in [1.807, 2.05) is 18.7 Å². The van der Waals surface area contributed by atoms with E-state index < -0.39 is 11.6 Å². The fourth-order valence-corrected chi connectivity index (χ4v) is 4.34. The Morgan fingerprint density at radius 1 is 0.912 bits per heavy atom. The largest absolute Gasteiger partial charge is 0.370 e. The molecule has 0 radical (unpaired) electrons. The van der Waals surface area contributed by atoms with Crippen LogP contribution in [-0.4, -0.2) is 37.6 Å². The molecular formula is C28H35F3N3+. The van der Waals surface area contributed by atoms with Crippen LogP contribution in [0.15, 0.2) is 48.8 Å². The lowest BCUT2D eigenvalue weighted by atomic mass is 10.0. The molecule has 0 aliphatic carbocycles. The molecule has 2 aromatic carbocycles. The molecule has 0 amide bonds. The topological polar surface area (TPSA) is 10.4 Å². The summed E-state index contributed by atoms with van der Waals surface area (Å²) in [5.74, 6) is -1.63. The predicted octanol–water partition coefficient (Wildman–Crippen LogP) is 6.45. The van der Waals surface area contributed by atoms with Crippen molar-refractivity contribution in [1.82, 2.24) is 4.90 Å². The van der Waals surface area contributed by atoms with E-state index in [1.165, 1.54) is 18.3 Å². The van der Waals surface area contributed by atoms with Crippen molar-refractivity contribution in [3.8, 4) is 0 Å². The third-order valence-corrected chi connectivity index (χ3v) is 6.41. The number of aryl methyl sites for hydroxylation is 1. The summed E-state index contributed by atoms with van der Waals surface area (Å²) < 4.78 is 46.8. The summed E-state index contributed by atoms with van der Waals surface area (Å²) >= 11 is 0. The zero-order valence-electron chi connectivity index (χ0n) is 20.6. The zero-order valence-corrected chi connectivity index (χ0v) is 20.6. The van der Waals surface area contributed by atoms with Crippen LogP contribution in [0.4, 0.5) is 18.9 Å². The number of hydrogen-bond acceptors (Lipinski definition) is 2. The van der Waals surface area contributed by atoms with Crippen molar-refractivity contribution in [3.05, 3.63) is 71.6 Å². The molecule has 0 unspecified atom stereocenters. The Kier molecular flexibility index (Phi) is 9.11. The molecule has 0 atom stereocenters. The van der Waals surface area contributed by atoms with E-state index in [0.717, 1.165) is 26.1 Å². The van der Waals surface area contributed by atoms with Crippen LogP contribution >= 0.6 is 0 Å². The number of benzene rings is 2. The predicted molar refractivity (Wildman–Crippen MR) is 135 cm³/mol. The van der Waals surface area contributed by atoms with E-state index in [4.69, 9.17) is 0 Å². The van der Waals surface area contributed by atoms with Crippen LogP contribution in [0.25, 0.3) is 22.7 Å². The van der Waals surface area contributed by atoms with Gasteiger partial charge in [-0.25, -0.2) is 13.3 Å². The number of halogens is 3. The fourth-order valence-electron chi connectivity index (χ4n) is 4.34. The molecule has 3 nitrogen and oxygen atoms in total. The van der Waals surface area contributed by atoms with Gasteiger partial charge in [-0.15, -0.1) is 0 Å². The van der Waals surface area contributed by atoms with Crippen LogP contribution in [0.2, 0.25) is 0 Å². The Labute approximate surface area is 201 Å². The van der Waals surface area contributed by atoms with Gasteiger partial charge in [0, 0.05) is 37.5 Å². The third kappa shape index (κ3) is 5.79. The fraction of sp³-hybridized carbons (Fsp3) is 0.393. The van der Waals surface area contributed by atoms with E-state index in [2.05, 4.69) is 18.7 Å². The molecule has 0 spiro atoms. The first-order valence-corrected chi connectivity index (χ1v) is 12.2. The molecule has 34 heavy (non-hydrogen) atoms. The van der Waals surface area contributed by atoms with Crippen molar-refractivity contribution in [2.24, 2.45) is 0 Å². The van der Waals surface area contributed by atoms with Gasteiger partial charge in [0.2, 0.25) is 6.20 Å². The number of fused-ring (bicyclic) bond motifs is 1. The Hall–Kier alpha value is -2.86. The van der Waals surface area contributed by atoms with Crippen molar-refractivity contribution in [2.75, 3.05) is 37.6 Å². The van der Waals surface area contributed by atoms with Crippen LogP contribution in [0.5, 0.6) is 0 Å². The highest BCUT2D eigenvalue weighted by Crippen LogP contribution is 2.31. The number of rotatable bonds is 11. The van der Waals surface area contributed by atoms with Gasteiger partial charge >= 0.3 is 0 Å². The second kappa shape index (κ2) is 12.0. The van der Waals surface area contributed by atoms with Crippen LogP contribution in [0.3, 0.4) is 0 Å². The van der Waals surface area contributed by atoms with Gasteiger partial charge in [0.1, 0.15) is 12.4 Å². The lowest BCUT2D eigenvalue weighted by Gasteiger charge is -2.22. The Morgan fingerprint density at radius 2 is 1.65 bits per heavy atom. The minimum atomic E-state index is -0.687. The summed E-state index contributed by atoms with van der Waals surface area (Å²) in [6.07, 6.45) is 5.21. The van der Waals surface area contributed by atoms with Crippen molar-refractivity contribution < 1.29 is 17.7 Å². The van der Waals surface area contributed by atoms with Crippen LogP contribution in [0, 0.1) is 11.6 Å². The minimum Gasteiger partial charge on any atom is -0.370 e. The maximum Gasteiger partial charge on any atom is 0.205 e. The third-order valence-electron chi connectivity index (χ3n) is 6.41. The van der Waals surface area contributed by atoms with E-state index in [0.29, 0.717) is 41.7 Å². The number of nitrogens with zero attached hydrogens (tertiary/aromatic N) is 3. The summed E-state index contributed by atoms with van der Waals surface area (Å²) in [6.45, 7) is 13.1. The first-order chi connectivity index (χ1) is 16.4. The number of hydrogen-bond donors (Lipinski definition) is 0. The smallest absolute Gasteiger partial charge is 0.205 e. The van der Waals surface area contributed by atoms with E-state index in [-0.39, 0.29) is 11.4 Å². The summed E-state index contributed by atoms with van der Waals surface area (Å²) in [5.41, 5.74) is 0.936. The average molecular weight is 471 g/mol. The molecule has 0 saturated heterocycles. The van der Waals surface area contributed by atoms with Gasteiger partial charge in [0.25, 0.3) is 0 Å². The first-order valence-electron chi connectivity index (χ1n) is 12.2. The lowest BCUT2D eigenvalue weighted by molar-refractivity contribution is -0.698. The van der Waals surface area contributed by atoms with E-state index >= 15 is 8.78 Å². The monoisotopic (exact) mass is 470 g/mol. The molecule has 3 rings (SSSR count). The van der Waals surface area contributed by atoms with Gasteiger partial charge in [-0.3, -0.25) is 0 Å². The zero-order chi connectivity index (χ0) is 24.7. The van der Waals surface area contributed by atoms with Gasteiger partial charge in [-0.1, -0.05) is 38.1 Å². The van der Waals surface area contributed by atoms with Gasteiger partial charge in [0.15, 0.2) is 17.8 Å². The maximum absolute atomic E-state index is 15.2. The summed E-state index contributed by atoms with van der Waals surface area (Å²) in [5, 5.41) is 1.01. The van der Waals surface area contributed by atoms with E-state index in [1.54, 1.807) is 41.1 Å². The molecular weight excluding hydrogens is 435 g/mol. The quantitative estimate of drug-likeness (QED) is 0.298. The number of aromatic nitrogens is 1. The van der Waals surface area contributed by atoms with Crippen molar-refractivity contribution >= 4 is 28.4 Å². The van der Waals surface area contributed by atoms with E-state index in [9.17, 15) is 4.39 Å². The highest BCUT2D eigenvalue weighted by Gasteiger charge is 2.16. The molecule has 6 heteroatoms. The molecule has 0 fully saturated rings. The van der Waals surface area contributed by atoms with Crippen molar-refractivity contribution in [1.29, 1.82) is 0 Å². The number of anilines is 1. The average Bonchev–Trinajstić information content (AvgIpc) is 2.84. The highest BCUT2D eigenvalue weighted by molar-refractivity contribution is 5.96. The Morgan fingerprint density at radius 3 is 2.29 bits per heavy atom. The molecule has 0 aliphatic rings. The highest BCUT2D eigenvalue weighted by atomic mass is 19.1. The number of pyridine rings is 1. The maximum atomic E-state index is 15.2. The molecule has 0 bridgehead atoms. The SMILES string of the molecule is CCN(CC)CCC[n+]1ccc(/C(F)=C/c2cccc3c(F)c(N(CC)CC)ccc23)c(F)c1. The van der Waals surface area contributed by atoms with Gasteiger partial charge in [-0.05, 0) is 50.0 Å². The molecule has 0 saturated carbocycles. The summed E-state index contributed by atoms with van der Waals surface area (Å²) in [4.78, 5) is 4.25. The van der Waals surface area contributed by atoms with Gasteiger partial charge < -0.3 is 9.80 Å². The van der Waals surface area contributed by atoms with Crippen LogP contribution in [-0.2, 0) is 6.54 Å². The standard InChI is InChI=1S/C28H35F3N3/c1-5-32(6-2)16-10-17-33-18-15-24(26(30)20-33)25(29)19-21-11-9-12-23-22(21)13-14-27(28(23)31)34(7-3)8-4/h9,11-15,18-20H,5-8,10,16-17H2,1-4H3/q+1/b25-19-. The molecule has 1 aromatic heterocycles.